The van der Waals surface area contributed by atoms with Gasteiger partial charge < -0.3 is 15.3 Å². The SMILES string of the molecule is C#C/C=C1\NC/C(c2c(F)c(F)c(F)c(F)c2F)=C2/C=CC(=N2)/C(c2c(F)c(F)c(F)c(F)c2F)=c2/cc/c([nH]2)=C(\c2c(F)c(F)c(F)c(F)c2F)c2ccc1[nH]2. The van der Waals surface area contributed by atoms with Crippen LogP contribution in [0.3, 0.4) is 0 Å². The van der Waals surface area contributed by atoms with E-state index in [1.54, 1.807) is 0 Å². The summed E-state index contributed by atoms with van der Waals surface area (Å²) >= 11 is 0. The minimum absolute atomic E-state index is 0.187. The first-order chi connectivity index (χ1) is 27.0. The normalized spacial score (nSPS) is 18.1. The number of rotatable bonds is 3. The monoisotopic (exact) mass is 810 g/mol. The molecule has 290 valence electrons. The first-order valence-electron chi connectivity index (χ1n) is 15.6. The van der Waals surface area contributed by atoms with Gasteiger partial charge in [0.05, 0.1) is 39.5 Å². The van der Waals surface area contributed by atoms with Crippen molar-refractivity contribution in [3.63, 3.8) is 0 Å². The molecule has 0 unspecified atom stereocenters. The lowest BCUT2D eigenvalue weighted by molar-refractivity contribution is 0.376. The summed E-state index contributed by atoms with van der Waals surface area (Å²) in [5, 5.41) is 1.23. The zero-order valence-corrected chi connectivity index (χ0v) is 27.4. The van der Waals surface area contributed by atoms with Gasteiger partial charge in [0.1, 0.15) is 0 Å². The summed E-state index contributed by atoms with van der Waals surface area (Å²) in [4.78, 5) is 9.00. The Hall–Kier alpha value is -6.84. The van der Waals surface area contributed by atoms with Gasteiger partial charge in [-0.25, -0.2) is 70.8 Å². The first kappa shape index (κ1) is 38.4. The van der Waals surface area contributed by atoms with Crippen molar-refractivity contribution in [1.82, 2.24) is 15.3 Å². The van der Waals surface area contributed by atoms with Gasteiger partial charge >= 0.3 is 0 Å². The summed E-state index contributed by atoms with van der Waals surface area (Å²) < 4.78 is 223. The number of benzene rings is 3. The van der Waals surface area contributed by atoms with Gasteiger partial charge in [-0.3, -0.25) is 0 Å². The van der Waals surface area contributed by atoms with Crippen molar-refractivity contribution in [1.29, 1.82) is 0 Å². The van der Waals surface area contributed by atoms with E-state index in [-0.39, 0.29) is 11.4 Å². The highest BCUT2D eigenvalue weighted by Gasteiger charge is 2.34. The first-order valence-corrected chi connectivity index (χ1v) is 15.6. The Labute approximate surface area is 307 Å². The summed E-state index contributed by atoms with van der Waals surface area (Å²) in [5.74, 6) is -34.7. The van der Waals surface area contributed by atoms with Crippen LogP contribution in [-0.2, 0) is 0 Å². The summed E-state index contributed by atoms with van der Waals surface area (Å²) in [6, 6.07) is 3.79. The molecule has 3 N–H and O–H groups in total. The molecule has 4 heterocycles. The number of halogens is 15. The number of nitrogens with one attached hydrogen (secondary N) is 3. The largest absolute Gasteiger partial charge is 0.379 e. The van der Waals surface area contributed by atoms with Crippen LogP contribution in [-0.4, -0.2) is 22.2 Å². The van der Waals surface area contributed by atoms with E-state index in [1.165, 1.54) is 0 Å². The van der Waals surface area contributed by atoms with Crippen LogP contribution in [0.15, 0.2) is 53.2 Å². The molecule has 19 heteroatoms. The number of hydrogen-bond donors (Lipinski definition) is 3. The standard InChI is InChI=1S/C38H13F15N4/c1-2-3-13-14-5-7-16(56-14)21(23-28(43)34(49)38(53)35(50)29(23)44)18-9-8-17(57-18)20(22-26(41)32(47)37(52)33(48)27(22)42)15-6-4-12(55-15)11(10-54-13)19-24(39)30(45)36(51)31(46)25(19)40/h1,3-9,54,56-57H,10H2/b12-11+,13-3-,20-17+,21-18+. The van der Waals surface area contributed by atoms with Crippen molar-refractivity contribution in [2.24, 2.45) is 4.99 Å². The lowest BCUT2D eigenvalue weighted by Gasteiger charge is -2.16. The molecular formula is C38H13F15N4. The highest BCUT2D eigenvalue weighted by atomic mass is 19.2. The predicted molar refractivity (Wildman–Crippen MR) is 172 cm³/mol. The molecule has 0 saturated heterocycles. The van der Waals surface area contributed by atoms with Crippen LogP contribution in [0.5, 0.6) is 0 Å². The number of aliphatic imine (C=N–C) groups is 1. The molecule has 7 rings (SSSR count). The average Bonchev–Trinajstić information content (AvgIpc) is 3.99. The third-order valence-electron chi connectivity index (χ3n) is 8.79. The van der Waals surface area contributed by atoms with Crippen molar-refractivity contribution in [3.8, 4) is 12.3 Å². The molecule has 0 atom stereocenters. The van der Waals surface area contributed by atoms with Gasteiger partial charge in [-0.1, -0.05) is 5.92 Å². The number of allylic oxidation sites excluding steroid dienone is 3. The summed E-state index contributed by atoms with van der Waals surface area (Å²) in [6.45, 7) is -0.977. The Morgan fingerprint density at radius 1 is 0.491 bits per heavy atom. The molecule has 5 aromatic rings. The van der Waals surface area contributed by atoms with E-state index >= 15 is 26.3 Å². The van der Waals surface area contributed by atoms with Gasteiger partial charge in [-0.15, -0.1) is 6.42 Å². The predicted octanol–water partition coefficient (Wildman–Crippen LogP) is 7.88. The molecule has 0 saturated carbocycles. The van der Waals surface area contributed by atoms with Crippen LogP contribution in [0.1, 0.15) is 28.1 Å². The smallest absolute Gasteiger partial charge is 0.200 e. The van der Waals surface area contributed by atoms with E-state index < -0.39 is 155 Å². The van der Waals surface area contributed by atoms with Crippen molar-refractivity contribution in [2.45, 2.75) is 0 Å². The Kier molecular flexibility index (Phi) is 9.46. The van der Waals surface area contributed by atoms with Crippen LogP contribution in [0, 0.1) is 99.6 Å². The number of terminal acetylenes is 1. The van der Waals surface area contributed by atoms with E-state index in [0.29, 0.717) is 0 Å². The van der Waals surface area contributed by atoms with Gasteiger partial charge in [0.25, 0.3) is 0 Å². The van der Waals surface area contributed by atoms with E-state index in [4.69, 9.17) is 6.42 Å². The molecule has 0 radical (unpaired) electrons. The average molecular weight is 811 g/mol. The number of aromatic amines is 2. The summed E-state index contributed by atoms with van der Waals surface area (Å²) in [6.07, 6.45) is 7.96. The second kappa shape index (κ2) is 14.0. The molecule has 0 aliphatic carbocycles. The number of fused-ring (bicyclic) bond motifs is 5. The minimum atomic E-state index is -2.61. The Balaban J connectivity index is 1.69. The molecule has 0 fully saturated rings. The highest BCUT2D eigenvalue weighted by molar-refractivity contribution is 6.30. The highest BCUT2D eigenvalue weighted by Crippen LogP contribution is 2.36. The number of hydrogen-bond acceptors (Lipinski definition) is 2. The molecule has 4 nitrogen and oxygen atoms in total. The van der Waals surface area contributed by atoms with E-state index in [0.717, 1.165) is 42.5 Å². The Morgan fingerprint density at radius 3 is 1.40 bits per heavy atom. The molecule has 57 heavy (non-hydrogen) atoms. The Bertz CT molecular complexity index is 2840. The molecule has 6 bridgehead atoms. The van der Waals surface area contributed by atoms with Gasteiger partial charge in [0.15, 0.2) is 69.8 Å². The van der Waals surface area contributed by atoms with E-state index in [1.807, 2.05) is 0 Å². The topological polar surface area (TPSA) is 56.0 Å². The van der Waals surface area contributed by atoms with E-state index in [2.05, 4.69) is 26.2 Å². The fourth-order valence-corrected chi connectivity index (χ4v) is 6.19. The minimum Gasteiger partial charge on any atom is -0.379 e. The molecule has 2 aliphatic rings. The fraction of sp³-hybridized carbons (Fsp3) is 0.0263. The maximum Gasteiger partial charge on any atom is 0.200 e. The van der Waals surface area contributed by atoms with Crippen molar-refractivity contribution in [3.05, 3.63) is 174 Å². The molecular weight excluding hydrogens is 797 g/mol. The van der Waals surface area contributed by atoms with Crippen molar-refractivity contribution in [2.75, 3.05) is 6.54 Å². The summed E-state index contributed by atoms with van der Waals surface area (Å²) in [5.41, 5.74) is -10.1. The number of aromatic nitrogens is 2. The quantitative estimate of drug-likeness (QED) is 0.0740. The van der Waals surface area contributed by atoms with Crippen LogP contribution in [0.25, 0.3) is 22.4 Å². The van der Waals surface area contributed by atoms with Crippen LogP contribution in [0.4, 0.5) is 65.9 Å². The molecule has 2 aliphatic heterocycles. The third kappa shape index (κ3) is 5.90. The lowest BCUT2D eigenvalue weighted by atomic mass is 9.98. The zero-order valence-electron chi connectivity index (χ0n) is 27.4. The maximum atomic E-state index is 15.5. The molecule has 3 aromatic carbocycles. The van der Waals surface area contributed by atoms with Gasteiger partial charge in [0.2, 0.25) is 17.5 Å². The lowest BCUT2D eigenvalue weighted by Crippen LogP contribution is -2.22. The summed E-state index contributed by atoms with van der Waals surface area (Å²) in [7, 11) is 0. The van der Waals surface area contributed by atoms with Gasteiger partial charge in [-0.2, -0.15) is 0 Å². The van der Waals surface area contributed by atoms with Gasteiger partial charge in [-0.05, 0) is 36.4 Å². The van der Waals surface area contributed by atoms with Crippen LogP contribution < -0.4 is 16.0 Å². The zero-order chi connectivity index (χ0) is 41.4. The maximum absolute atomic E-state index is 15.5. The fourth-order valence-electron chi connectivity index (χ4n) is 6.19. The van der Waals surface area contributed by atoms with Crippen molar-refractivity contribution >= 4 is 28.1 Å². The molecule has 0 spiro atoms. The number of nitrogens with zero attached hydrogens (tertiary/aromatic N) is 1. The third-order valence-corrected chi connectivity index (χ3v) is 8.79. The molecule has 2 aromatic heterocycles. The van der Waals surface area contributed by atoms with Crippen LogP contribution >= 0.6 is 0 Å². The second-order valence-corrected chi connectivity index (χ2v) is 11.9. The van der Waals surface area contributed by atoms with Crippen molar-refractivity contribution < 1.29 is 65.9 Å². The van der Waals surface area contributed by atoms with Gasteiger partial charge in [0, 0.05) is 45.7 Å². The van der Waals surface area contributed by atoms with E-state index in [9.17, 15) is 39.5 Å². The van der Waals surface area contributed by atoms with Crippen LogP contribution in [0.2, 0.25) is 0 Å². The number of H-pyrrole nitrogens is 2. The second-order valence-electron chi connectivity index (χ2n) is 11.9. The molecule has 0 amide bonds. The Morgan fingerprint density at radius 2 is 0.912 bits per heavy atom.